The molecule has 2 aliphatic heterocycles. The highest BCUT2D eigenvalue weighted by Crippen LogP contribution is 2.52. The summed E-state index contributed by atoms with van der Waals surface area (Å²) in [5, 5.41) is 36.4. The standard InChI is InChI=1S/C31H32N2O4S/c1-4-32-24-14-9-10-15-25(24)38-27(32)19-21-29(36)20(30(21)37)18-26-31(2,3)22-12-7-8-13-23(22)33(26)17-11-5-6-16-28(34)35/h7-10,12-15,18-19H,4-6,11,16-17H2,1-3H3,(H-,34,35,36). The number of fused-ring (bicyclic) bond motifs is 2. The number of carbonyl (C=O) groups is 1. The number of para-hydroxylation sites is 2. The average molecular weight is 529 g/mol. The zero-order chi connectivity index (χ0) is 27.0. The summed E-state index contributed by atoms with van der Waals surface area (Å²) in [7, 11) is 0. The smallest absolute Gasteiger partial charge is 0.303 e. The molecule has 196 valence electrons. The summed E-state index contributed by atoms with van der Waals surface area (Å²) >= 11 is 1.58. The SMILES string of the molecule is CCN1C(=Cc2c([O-])[c+](C=C3N(CCCCCC(=O)O)c4ccccc4C3(C)C)[c+]2[O-])Sc2ccccc21. The van der Waals surface area contributed by atoms with Crippen molar-refractivity contribution in [2.75, 3.05) is 22.9 Å². The Labute approximate surface area is 228 Å². The van der Waals surface area contributed by atoms with Crippen LogP contribution in [0.5, 0.6) is 11.5 Å². The molecule has 0 spiro atoms. The monoisotopic (exact) mass is 528 g/mol. The van der Waals surface area contributed by atoms with Crippen LogP contribution in [0.1, 0.15) is 63.1 Å². The maximum atomic E-state index is 13.3. The maximum Gasteiger partial charge on any atom is 0.303 e. The van der Waals surface area contributed by atoms with Crippen molar-refractivity contribution in [2.45, 2.75) is 56.8 Å². The number of carboxylic acids is 1. The molecule has 0 bridgehead atoms. The topological polar surface area (TPSA) is 89.9 Å². The van der Waals surface area contributed by atoms with Crippen LogP contribution in [-0.4, -0.2) is 24.2 Å². The molecule has 2 aliphatic rings. The number of nitrogens with zero attached hydrogens (tertiary/aromatic N) is 2. The van der Waals surface area contributed by atoms with Gasteiger partial charge in [-0.2, -0.15) is 0 Å². The second-order valence-electron chi connectivity index (χ2n) is 10.3. The van der Waals surface area contributed by atoms with Gasteiger partial charge in [-0.3, -0.25) is 9.69 Å². The lowest BCUT2D eigenvalue weighted by molar-refractivity contribution is -0.293. The summed E-state index contributed by atoms with van der Waals surface area (Å²) in [5.74, 6) is -1.20. The minimum Gasteiger partial charge on any atom is -0.820 e. The Bertz CT molecular complexity index is 1390. The van der Waals surface area contributed by atoms with Crippen molar-refractivity contribution < 1.29 is 20.1 Å². The first kappa shape index (κ1) is 26.0. The van der Waals surface area contributed by atoms with Crippen LogP contribution in [0.25, 0.3) is 12.2 Å². The molecule has 1 N–H and O–H groups in total. The van der Waals surface area contributed by atoms with Crippen molar-refractivity contribution in [1.82, 2.24) is 0 Å². The maximum absolute atomic E-state index is 13.3. The molecule has 3 aromatic carbocycles. The van der Waals surface area contributed by atoms with Crippen LogP contribution in [0.4, 0.5) is 11.4 Å². The summed E-state index contributed by atoms with van der Waals surface area (Å²) in [4.78, 5) is 16.3. The van der Waals surface area contributed by atoms with Gasteiger partial charge in [0.2, 0.25) is 0 Å². The third-order valence-electron chi connectivity index (χ3n) is 7.55. The van der Waals surface area contributed by atoms with E-state index in [0.717, 1.165) is 51.9 Å². The van der Waals surface area contributed by atoms with Crippen LogP contribution < -0.4 is 20.0 Å². The van der Waals surface area contributed by atoms with Crippen LogP contribution >= 0.6 is 11.8 Å². The molecule has 7 heteroatoms. The van der Waals surface area contributed by atoms with Crippen molar-refractivity contribution in [3.8, 4) is 11.5 Å². The molecule has 0 aliphatic carbocycles. The van der Waals surface area contributed by atoms with E-state index in [4.69, 9.17) is 5.11 Å². The van der Waals surface area contributed by atoms with Gasteiger partial charge in [0.05, 0.1) is 34.4 Å². The van der Waals surface area contributed by atoms with Crippen LogP contribution in [0, 0.1) is 0 Å². The van der Waals surface area contributed by atoms with E-state index in [9.17, 15) is 15.0 Å². The molecule has 3 aromatic rings. The Morgan fingerprint density at radius 3 is 2.47 bits per heavy atom. The molecule has 6 nitrogen and oxygen atoms in total. The van der Waals surface area contributed by atoms with E-state index in [-0.39, 0.29) is 34.5 Å². The third kappa shape index (κ3) is 4.49. The fourth-order valence-electron chi connectivity index (χ4n) is 5.51. The predicted octanol–water partition coefficient (Wildman–Crippen LogP) is 5.99. The molecule has 38 heavy (non-hydrogen) atoms. The molecule has 0 atom stereocenters. The van der Waals surface area contributed by atoms with E-state index >= 15 is 0 Å². The van der Waals surface area contributed by atoms with Gasteiger partial charge in [0.15, 0.2) is 5.56 Å². The molecular weight excluding hydrogens is 496 g/mol. The molecule has 0 fully saturated rings. The Kier molecular flexibility index (Phi) is 7.05. The third-order valence-corrected chi connectivity index (χ3v) is 8.66. The number of unbranched alkanes of at least 4 members (excludes halogenated alkanes) is 2. The van der Waals surface area contributed by atoms with Crippen molar-refractivity contribution in [3.63, 3.8) is 0 Å². The van der Waals surface area contributed by atoms with Gasteiger partial charge in [0.1, 0.15) is 22.4 Å². The zero-order valence-electron chi connectivity index (χ0n) is 22.0. The lowest BCUT2D eigenvalue weighted by atomic mass is 9.82. The van der Waals surface area contributed by atoms with Gasteiger partial charge >= 0.3 is 5.97 Å². The van der Waals surface area contributed by atoms with Crippen LogP contribution in [0.3, 0.4) is 0 Å². The number of carboxylic acid groups (broad SMARTS) is 1. The number of benzene rings is 2. The predicted molar refractivity (Wildman–Crippen MR) is 151 cm³/mol. The minimum absolute atomic E-state index is 0.165. The van der Waals surface area contributed by atoms with Crippen LogP contribution in [0.2, 0.25) is 0 Å². The summed E-state index contributed by atoms with van der Waals surface area (Å²) in [5.41, 5.74) is 4.35. The zero-order valence-corrected chi connectivity index (χ0v) is 22.8. The van der Waals surface area contributed by atoms with Gasteiger partial charge in [-0.25, -0.2) is 0 Å². The van der Waals surface area contributed by atoms with Crippen molar-refractivity contribution in [3.05, 3.63) is 75.9 Å². The Morgan fingerprint density at radius 1 is 1.05 bits per heavy atom. The molecular formula is C31H32N2O4S. The van der Waals surface area contributed by atoms with Gasteiger partial charge in [0, 0.05) is 24.4 Å². The van der Waals surface area contributed by atoms with Crippen molar-refractivity contribution in [1.29, 1.82) is 0 Å². The second kappa shape index (κ2) is 10.3. The Hall–Kier alpha value is -3.58. The van der Waals surface area contributed by atoms with E-state index in [1.807, 2.05) is 24.3 Å². The first-order valence-electron chi connectivity index (χ1n) is 13.1. The van der Waals surface area contributed by atoms with E-state index in [1.54, 1.807) is 23.9 Å². The molecule has 0 amide bonds. The number of anilines is 2. The Balaban J connectivity index is 1.43. The molecule has 0 saturated heterocycles. The molecule has 0 unspecified atom stereocenters. The summed E-state index contributed by atoms with van der Waals surface area (Å²) in [6.07, 6.45) is 5.95. The fourth-order valence-corrected chi connectivity index (χ4v) is 6.68. The van der Waals surface area contributed by atoms with Crippen LogP contribution in [0.15, 0.2) is 64.2 Å². The number of allylic oxidation sites excluding steroid dienone is 1. The van der Waals surface area contributed by atoms with E-state index in [0.29, 0.717) is 13.0 Å². The van der Waals surface area contributed by atoms with Crippen LogP contribution in [-0.2, 0) is 10.2 Å². The Morgan fingerprint density at radius 2 is 1.76 bits per heavy atom. The highest BCUT2D eigenvalue weighted by Gasteiger charge is 2.44. The van der Waals surface area contributed by atoms with Gasteiger partial charge in [0.25, 0.3) is 0 Å². The van der Waals surface area contributed by atoms with E-state index < -0.39 is 5.97 Å². The quantitative estimate of drug-likeness (QED) is 0.270. The molecule has 0 saturated carbocycles. The molecule has 5 rings (SSSR count). The summed E-state index contributed by atoms with van der Waals surface area (Å²) in [6, 6.07) is 16.3. The highest BCUT2D eigenvalue weighted by atomic mass is 32.2. The number of aliphatic carboxylic acids is 1. The molecule has 2 heterocycles. The lowest BCUT2D eigenvalue weighted by Gasteiger charge is -2.25. The first-order chi connectivity index (χ1) is 18.2. The van der Waals surface area contributed by atoms with Gasteiger partial charge < -0.3 is 20.2 Å². The number of hydrogen-bond donors (Lipinski definition) is 1. The van der Waals surface area contributed by atoms with Gasteiger partial charge in [-0.15, -0.1) is 0 Å². The first-order valence-corrected chi connectivity index (χ1v) is 14.0. The normalized spacial score (nSPS) is 18.0. The van der Waals surface area contributed by atoms with Gasteiger partial charge in [-0.1, -0.05) is 48.5 Å². The molecule has 0 aromatic heterocycles. The lowest BCUT2D eigenvalue weighted by Crippen LogP contribution is -2.27. The highest BCUT2D eigenvalue weighted by molar-refractivity contribution is 8.03. The average Bonchev–Trinajstić information content (AvgIpc) is 3.36. The number of thioether (sulfide) groups is 1. The second-order valence-corrected chi connectivity index (χ2v) is 11.4. The number of hydrogen-bond acceptors (Lipinski definition) is 6. The largest absolute Gasteiger partial charge is 0.820 e. The van der Waals surface area contributed by atoms with E-state index in [1.165, 1.54) is 0 Å². The number of rotatable bonds is 9. The summed E-state index contributed by atoms with van der Waals surface area (Å²) in [6.45, 7) is 7.75. The van der Waals surface area contributed by atoms with Crippen molar-refractivity contribution in [2.24, 2.45) is 0 Å². The van der Waals surface area contributed by atoms with Gasteiger partial charge in [-0.05, 0) is 57.4 Å². The van der Waals surface area contributed by atoms with Crippen molar-refractivity contribution >= 4 is 41.3 Å². The minimum atomic E-state index is -0.777. The fraction of sp³-hybridized carbons (Fsp3) is 0.323. The van der Waals surface area contributed by atoms with E-state index in [2.05, 4.69) is 54.8 Å². The summed E-state index contributed by atoms with van der Waals surface area (Å²) < 4.78 is 0. The molecule has 0 radical (unpaired) electrons.